The highest BCUT2D eigenvalue weighted by molar-refractivity contribution is 5.72. The van der Waals surface area contributed by atoms with Crippen LogP contribution in [0.5, 0.6) is 17.2 Å². The SMILES string of the molecule is COc1cc(-c2ccc(-c3cc(CO)c(CO)c(CO)c3)cn2)cc(OC)c1OC. The van der Waals surface area contributed by atoms with E-state index < -0.39 is 0 Å². The van der Waals surface area contributed by atoms with Crippen molar-refractivity contribution in [1.82, 2.24) is 4.98 Å². The molecule has 0 saturated heterocycles. The minimum absolute atomic E-state index is 0.228. The molecule has 0 spiro atoms. The molecule has 0 fully saturated rings. The second-order valence-electron chi connectivity index (χ2n) is 6.59. The highest BCUT2D eigenvalue weighted by atomic mass is 16.5. The third-order valence-corrected chi connectivity index (χ3v) is 4.99. The van der Waals surface area contributed by atoms with E-state index in [1.807, 2.05) is 24.3 Å². The molecule has 0 atom stereocenters. The molecule has 3 rings (SSSR count). The van der Waals surface area contributed by atoms with Gasteiger partial charge >= 0.3 is 0 Å². The number of pyridine rings is 1. The lowest BCUT2D eigenvalue weighted by atomic mass is 9.95. The average molecular weight is 411 g/mol. The van der Waals surface area contributed by atoms with Crippen LogP contribution in [0.1, 0.15) is 16.7 Å². The van der Waals surface area contributed by atoms with E-state index in [-0.39, 0.29) is 19.8 Å². The van der Waals surface area contributed by atoms with Crippen molar-refractivity contribution in [2.45, 2.75) is 19.8 Å². The van der Waals surface area contributed by atoms with Crippen LogP contribution in [0.15, 0.2) is 42.6 Å². The van der Waals surface area contributed by atoms with Gasteiger partial charge in [-0.15, -0.1) is 0 Å². The van der Waals surface area contributed by atoms with E-state index in [1.165, 1.54) is 0 Å². The number of nitrogens with zero attached hydrogens (tertiary/aromatic N) is 1. The largest absolute Gasteiger partial charge is 0.493 e. The molecule has 0 bridgehead atoms. The first-order chi connectivity index (χ1) is 14.6. The summed E-state index contributed by atoms with van der Waals surface area (Å²) >= 11 is 0. The minimum atomic E-state index is -0.246. The summed E-state index contributed by atoms with van der Waals surface area (Å²) in [6.45, 7) is -0.703. The zero-order valence-electron chi connectivity index (χ0n) is 17.2. The smallest absolute Gasteiger partial charge is 0.203 e. The van der Waals surface area contributed by atoms with Crippen molar-refractivity contribution >= 4 is 0 Å². The Balaban J connectivity index is 2.02. The molecule has 30 heavy (non-hydrogen) atoms. The molecule has 0 unspecified atom stereocenters. The van der Waals surface area contributed by atoms with Gasteiger partial charge in [-0.1, -0.05) is 6.07 Å². The maximum Gasteiger partial charge on any atom is 0.203 e. The molecule has 0 aliphatic heterocycles. The second-order valence-corrected chi connectivity index (χ2v) is 6.59. The number of rotatable bonds is 8. The van der Waals surface area contributed by atoms with Crippen molar-refractivity contribution < 1.29 is 29.5 Å². The van der Waals surface area contributed by atoms with Gasteiger partial charge in [0.1, 0.15) is 0 Å². The fourth-order valence-corrected chi connectivity index (χ4v) is 3.41. The number of aliphatic hydroxyl groups excluding tert-OH is 3. The van der Waals surface area contributed by atoms with Crippen LogP contribution in [0, 0.1) is 0 Å². The van der Waals surface area contributed by atoms with Gasteiger partial charge in [-0.3, -0.25) is 4.98 Å². The Morgan fingerprint density at radius 1 is 0.700 bits per heavy atom. The van der Waals surface area contributed by atoms with Crippen molar-refractivity contribution in [3.63, 3.8) is 0 Å². The normalized spacial score (nSPS) is 10.7. The molecule has 0 amide bonds. The standard InChI is InChI=1S/C23H25NO6/c1-28-21-8-16(9-22(29-2)23(21)30-3)20-5-4-14(10-24-20)15-6-17(11-25)19(13-27)18(7-15)12-26/h4-10,25-27H,11-13H2,1-3H3. The zero-order chi connectivity index (χ0) is 21.7. The summed E-state index contributed by atoms with van der Waals surface area (Å²) in [6, 6.07) is 11.0. The zero-order valence-corrected chi connectivity index (χ0v) is 17.2. The highest BCUT2D eigenvalue weighted by Crippen LogP contribution is 2.41. The van der Waals surface area contributed by atoms with Crippen LogP contribution in [0.25, 0.3) is 22.4 Å². The Morgan fingerprint density at radius 3 is 1.70 bits per heavy atom. The van der Waals surface area contributed by atoms with E-state index in [0.29, 0.717) is 33.9 Å². The van der Waals surface area contributed by atoms with Crippen LogP contribution in [0.3, 0.4) is 0 Å². The molecule has 7 heteroatoms. The van der Waals surface area contributed by atoms with Crippen LogP contribution in [0.4, 0.5) is 0 Å². The van der Waals surface area contributed by atoms with Gasteiger partial charge in [0, 0.05) is 17.3 Å². The molecule has 3 N–H and O–H groups in total. The Morgan fingerprint density at radius 2 is 1.30 bits per heavy atom. The lowest BCUT2D eigenvalue weighted by molar-refractivity contribution is 0.248. The lowest BCUT2D eigenvalue weighted by Crippen LogP contribution is -2.02. The number of benzene rings is 2. The Hall–Kier alpha value is -3.13. The minimum Gasteiger partial charge on any atom is -0.493 e. The molecule has 0 radical (unpaired) electrons. The van der Waals surface area contributed by atoms with Crippen molar-refractivity contribution in [2.24, 2.45) is 0 Å². The molecule has 1 aromatic heterocycles. The quantitative estimate of drug-likeness (QED) is 0.524. The number of ether oxygens (including phenoxy) is 3. The van der Waals surface area contributed by atoms with Crippen LogP contribution in [0.2, 0.25) is 0 Å². The fraction of sp³-hybridized carbons (Fsp3) is 0.261. The number of hydrogen-bond donors (Lipinski definition) is 3. The first-order valence-electron chi connectivity index (χ1n) is 9.34. The van der Waals surface area contributed by atoms with E-state index in [4.69, 9.17) is 14.2 Å². The van der Waals surface area contributed by atoms with Crippen LogP contribution >= 0.6 is 0 Å². The Labute approximate surface area is 175 Å². The Bertz CT molecular complexity index is 884. The van der Waals surface area contributed by atoms with Crippen molar-refractivity contribution in [3.05, 3.63) is 59.3 Å². The monoisotopic (exact) mass is 411 g/mol. The molecule has 1 heterocycles. The number of methoxy groups -OCH3 is 3. The molecule has 158 valence electrons. The number of aromatic nitrogens is 1. The van der Waals surface area contributed by atoms with Gasteiger partial charge in [0.15, 0.2) is 11.5 Å². The molecular formula is C23H25NO6. The first-order valence-corrected chi connectivity index (χ1v) is 9.34. The summed E-state index contributed by atoms with van der Waals surface area (Å²) in [4.78, 5) is 4.56. The molecular weight excluding hydrogens is 386 g/mol. The van der Waals surface area contributed by atoms with Gasteiger partial charge in [-0.2, -0.15) is 0 Å². The molecule has 0 saturated carbocycles. The molecule has 2 aromatic carbocycles. The predicted molar refractivity (Wildman–Crippen MR) is 113 cm³/mol. The second kappa shape index (κ2) is 9.58. The summed E-state index contributed by atoms with van der Waals surface area (Å²) in [6.07, 6.45) is 1.72. The molecule has 0 aliphatic rings. The molecule has 0 aliphatic carbocycles. The topological polar surface area (TPSA) is 101 Å². The van der Waals surface area contributed by atoms with Gasteiger partial charge in [0.05, 0.1) is 46.8 Å². The van der Waals surface area contributed by atoms with Gasteiger partial charge in [0.2, 0.25) is 5.75 Å². The summed E-state index contributed by atoms with van der Waals surface area (Å²) in [5.74, 6) is 1.59. The van der Waals surface area contributed by atoms with E-state index >= 15 is 0 Å². The average Bonchev–Trinajstić information content (AvgIpc) is 2.81. The van der Waals surface area contributed by atoms with Crippen LogP contribution < -0.4 is 14.2 Å². The van der Waals surface area contributed by atoms with E-state index in [2.05, 4.69) is 4.98 Å². The maximum absolute atomic E-state index is 9.63. The van der Waals surface area contributed by atoms with Gasteiger partial charge in [-0.25, -0.2) is 0 Å². The Kier molecular flexibility index (Phi) is 6.89. The summed E-state index contributed by atoms with van der Waals surface area (Å²) < 4.78 is 16.2. The highest BCUT2D eigenvalue weighted by Gasteiger charge is 2.15. The lowest BCUT2D eigenvalue weighted by Gasteiger charge is -2.15. The number of hydrogen-bond acceptors (Lipinski definition) is 7. The molecule has 7 nitrogen and oxygen atoms in total. The van der Waals surface area contributed by atoms with Gasteiger partial charge < -0.3 is 29.5 Å². The third-order valence-electron chi connectivity index (χ3n) is 4.99. The van der Waals surface area contributed by atoms with Gasteiger partial charge in [-0.05, 0) is 52.6 Å². The fourth-order valence-electron chi connectivity index (χ4n) is 3.41. The van der Waals surface area contributed by atoms with Crippen molar-refractivity contribution in [1.29, 1.82) is 0 Å². The summed E-state index contributed by atoms with van der Waals surface area (Å²) in [7, 11) is 4.67. The molecule has 3 aromatic rings. The van der Waals surface area contributed by atoms with Crippen molar-refractivity contribution in [3.8, 4) is 39.6 Å². The first kappa shape index (κ1) is 21.6. The van der Waals surface area contributed by atoms with Gasteiger partial charge in [0.25, 0.3) is 0 Å². The third kappa shape index (κ3) is 4.09. The predicted octanol–water partition coefficient (Wildman–Crippen LogP) is 2.92. The summed E-state index contributed by atoms with van der Waals surface area (Å²) in [5, 5.41) is 28.8. The van der Waals surface area contributed by atoms with E-state index in [0.717, 1.165) is 22.4 Å². The van der Waals surface area contributed by atoms with Crippen LogP contribution in [-0.2, 0) is 19.8 Å². The maximum atomic E-state index is 9.63. The number of aliphatic hydroxyl groups is 3. The summed E-state index contributed by atoms with van der Waals surface area (Å²) in [5.41, 5.74) is 4.84. The van der Waals surface area contributed by atoms with E-state index in [1.54, 1.807) is 39.7 Å². The van der Waals surface area contributed by atoms with Crippen LogP contribution in [-0.4, -0.2) is 41.6 Å². The van der Waals surface area contributed by atoms with E-state index in [9.17, 15) is 15.3 Å². The van der Waals surface area contributed by atoms with Crippen molar-refractivity contribution in [2.75, 3.05) is 21.3 Å².